The van der Waals surface area contributed by atoms with E-state index in [1.165, 1.54) is 4.88 Å². The molecule has 1 unspecified atom stereocenters. The van der Waals surface area contributed by atoms with Crippen molar-refractivity contribution < 1.29 is 0 Å². The second-order valence-corrected chi connectivity index (χ2v) is 6.38. The van der Waals surface area contributed by atoms with Crippen LogP contribution in [0.2, 0.25) is 0 Å². The first-order valence-electron chi connectivity index (χ1n) is 6.57. The molecule has 3 rings (SSSR count). The fourth-order valence-corrected chi connectivity index (χ4v) is 3.83. The maximum absolute atomic E-state index is 6.08. The van der Waals surface area contributed by atoms with E-state index >= 15 is 0 Å². The lowest BCUT2D eigenvalue weighted by atomic mass is 10.2. The van der Waals surface area contributed by atoms with E-state index in [9.17, 15) is 0 Å². The topological polar surface area (TPSA) is 30.7 Å². The fraction of sp³-hybridized carbons (Fsp3) is 0.333. The highest BCUT2D eigenvalue weighted by Crippen LogP contribution is 2.31. The van der Waals surface area contributed by atoms with Gasteiger partial charge >= 0.3 is 0 Å². The van der Waals surface area contributed by atoms with Crippen molar-refractivity contribution in [1.82, 2.24) is 14.5 Å². The molecule has 1 aromatic carbocycles. The molecule has 0 aliphatic heterocycles. The van der Waals surface area contributed by atoms with Gasteiger partial charge in [0.15, 0.2) is 0 Å². The summed E-state index contributed by atoms with van der Waals surface area (Å²) in [4.78, 5) is 10.4. The highest BCUT2D eigenvalue weighted by molar-refractivity contribution is 7.11. The molecule has 2 aromatic heterocycles. The maximum Gasteiger partial charge on any atom is 0.125 e. The van der Waals surface area contributed by atoms with Gasteiger partial charge < -0.3 is 4.57 Å². The van der Waals surface area contributed by atoms with E-state index in [2.05, 4.69) is 34.4 Å². The Bertz CT molecular complexity index is 760. The lowest BCUT2D eigenvalue weighted by Crippen LogP contribution is -2.09. The van der Waals surface area contributed by atoms with Crippen LogP contribution < -0.4 is 0 Å². The summed E-state index contributed by atoms with van der Waals surface area (Å²) >= 11 is 7.83. The first-order valence-corrected chi connectivity index (χ1v) is 7.92. The minimum Gasteiger partial charge on any atom is -0.319 e. The van der Waals surface area contributed by atoms with Gasteiger partial charge in [-0.3, -0.25) is 0 Å². The minimum atomic E-state index is 0.197. The van der Waals surface area contributed by atoms with Gasteiger partial charge in [0.2, 0.25) is 0 Å². The highest BCUT2D eigenvalue weighted by atomic mass is 35.5. The number of hydrogen-bond acceptors (Lipinski definition) is 3. The lowest BCUT2D eigenvalue weighted by Gasteiger charge is -2.16. The summed E-state index contributed by atoms with van der Waals surface area (Å²) in [6.07, 6.45) is 0. The van der Waals surface area contributed by atoms with Crippen LogP contribution in [-0.4, -0.2) is 14.5 Å². The zero-order valence-electron chi connectivity index (χ0n) is 11.7. The first-order chi connectivity index (χ1) is 9.61. The average molecular weight is 306 g/mol. The Labute approximate surface area is 127 Å². The molecule has 2 heterocycles. The van der Waals surface area contributed by atoms with Crippen molar-refractivity contribution in [3.8, 4) is 0 Å². The largest absolute Gasteiger partial charge is 0.319 e. The maximum atomic E-state index is 6.08. The lowest BCUT2D eigenvalue weighted by molar-refractivity contribution is 0.639. The Morgan fingerprint density at radius 1 is 1.25 bits per heavy atom. The molecule has 0 N–H and O–H groups in total. The van der Waals surface area contributed by atoms with Gasteiger partial charge in [0.1, 0.15) is 5.82 Å². The number of aromatic nitrogens is 3. The summed E-state index contributed by atoms with van der Waals surface area (Å²) in [5.74, 6) is 1.32. The van der Waals surface area contributed by atoms with Crippen molar-refractivity contribution in [3.63, 3.8) is 0 Å². The molecule has 0 saturated heterocycles. The molecule has 0 spiro atoms. The summed E-state index contributed by atoms with van der Waals surface area (Å²) in [5, 5.41) is 1.10. The third-order valence-corrected chi connectivity index (χ3v) is 4.98. The molecule has 5 heteroatoms. The molecule has 0 fully saturated rings. The Balaban J connectivity index is 2.20. The third kappa shape index (κ3) is 2.13. The molecule has 0 bridgehead atoms. The number of alkyl halides is 1. The van der Waals surface area contributed by atoms with E-state index in [1.54, 1.807) is 11.3 Å². The van der Waals surface area contributed by atoms with Crippen LogP contribution in [0.3, 0.4) is 0 Å². The fourth-order valence-electron chi connectivity index (χ4n) is 2.67. The number of thiazole rings is 1. The number of imidazole rings is 1. The van der Waals surface area contributed by atoms with Crippen molar-refractivity contribution >= 4 is 34.0 Å². The molecule has 0 radical (unpaired) electrons. The molecule has 20 heavy (non-hydrogen) atoms. The zero-order valence-corrected chi connectivity index (χ0v) is 13.3. The molecule has 3 nitrogen and oxygen atoms in total. The number of fused-ring (bicyclic) bond motifs is 1. The van der Waals surface area contributed by atoms with Crippen LogP contribution in [-0.2, 0) is 5.88 Å². The van der Waals surface area contributed by atoms with E-state index < -0.39 is 0 Å². The van der Waals surface area contributed by atoms with Crippen LogP contribution in [0, 0.1) is 13.8 Å². The van der Waals surface area contributed by atoms with Gasteiger partial charge in [0, 0.05) is 0 Å². The summed E-state index contributed by atoms with van der Waals surface area (Å²) < 4.78 is 2.22. The number of para-hydroxylation sites is 2. The Hall–Kier alpha value is -1.39. The van der Waals surface area contributed by atoms with Crippen molar-refractivity contribution in [2.45, 2.75) is 32.7 Å². The van der Waals surface area contributed by atoms with E-state index in [1.807, 2.05) is 25.1 Å². The average Bonchev–Trinajstić information content (AvgIpc) is 2.97. The Kier molecular flexibility index (Phi) is 3.52. The number of hydrogen-bond donors (Lipinski definition) is 0. The van der Waals surface area contributed by atoms with Crippen LogP contribution in [0.4, 0.5) is 0 Å². The van der Waals surface area contributed by atoms with Crippen molar-refractivity contribution in [1.29, 1.82) is 0 Å². The molecule has 1 atom stereocenters. The molecular weight excluding hydrogens is 290 g/mol. The third-order valence-electron chi connectivity index (χ3n) is 3.49. The number of rotatable bonds is 3. The van der Waals surface area contributed by atoms with E-state index in [-0.39, 0.29) is 6.04 Å². The van der Waals surface area contributed by atoms with E-state index in [4.69, 9.17) is 11.6 Å². The highest BCUT2D eigenvalue weighted by Gasteiger charge is 2.20. The quantitative estimate of drug-likeness (QED) is 0.669. The van der Waals surface area contributed by atoms with Crippen LogP contribution in [0.15, 0.2) is 24.3 Å². The van der Waals surface area contributed by atoms with Gasteiger partial charge in [0.25, 0.3) is 0 Å². The van der Waals surface area contributed by atoms with Gasteiger partial charge in [-0.05, 0) is 32.9 Å². The normalized spacial score (nSPS) is 13.0. The first kappa shape index (κ1) is 13.6. The molecule has 104 valence electrons. The summed E-state index contributed by atoms with van der Waals surface area (Å²) in [7, 11) is 0. The van der Waals surface area contributed by atoms with E-state index in [0.717, 1.165) is 27.6 Å². The Morgan fingerprint density at radius 3 is 2.65 bits per heavy atom. The van der Waals surface area contributed by atoms with Gasteiger partial charge in [-0.15, -0.1) is 22.9 Å². The number of nitrogens with zero attached hydrogens (tertiary/aromatic N) is 3. The summed E-state index contributed by atoms with van der Waals surface area (Å²) in [6.45, 7) is 6.29. The van der Waals surface area contributed by atoms with Crippen LogP contribution in [0.25, 0.3) is 11.0 Å². The van der Waals surface area contributed by atoms with Crippen LogP contribution >= 0.6 is 22.9 Å². The van der Waals surface area contributed by atoms with Crippen LogP contribution in [0.1, 0.15) is 34.4 Å². The second-order valence-electron chi connectivity index (χ2n) is 4.88. The smallest absolute Gasteiger partial charge is 0.125 e. The van der Waals surface area contributed by atoms with Crippen molar-refractivity contribution in [2.24, 2.45) is 0 Å². The van der Waals surface area contributed by atoms with Crippen LogP contribution in [0.5, 0.6) is 0 Å². The molecule has 0 saturated carbocycles. The second kappa shape index (κ2) is 5.19. The number of aryl methyl sites for hydroxylation is 2. The van der Waals surface area contributed by atoms with Crippen molar-refractivity contribution in [2.75, 3.05) is 0 Å². The molecular formula is C15H16ClN3S. The Morgan fingerprint density at radius 2 is 2.00 bits per heavy atom. The summed E-state index contributed by atoms with van der Waals surface area (Å²) in [5.41, 5.74) is 3.22. The monoisotopic (exact) mass is 305 g/mol. The molecule has 0 aliphatic rings. The molecule has 0 amide bonds. The predicted molar refractivity (Wildman–Crippen MR) is 84.7 cm³/mol. The van der Waals surface area contributed by atoms with Gasteiger partial charge in [-0.25, -0.2) is 9.97 Å². The minimum absolute atomic E-state index is 0.197. The van der Waals surface area contributed by atoms with Gasteiger partial charge in [0.05, 0.1) is 38.5 Å². The zero-order chi connectivity index (χ0) is 14.3. The SMILES string of the molecule is Cc1nc(C)c(C(C)n2c(CCl)nc3ccccc32)s1. The molecule has 3 aromatic rings. The van der Waals surface area contributed by atoms with Gasteiger partial charge in [-0.1, -0.05) is 12.1 Å². The molecule has 0 aliphatic carbocycles. The van der Waals surface area contributed by atoms with Gasteiger partial charge in [-0.2, -0.15) is 0 Å². The van der Waals surface area contributed by atoms with E-state index in [0.29, 0.717) is 5.88 Å². The summed E-state index contributed by atoms with van der Waals surface area (Å²) in [6, 6.07) is 8.36. The number of halogens is 1. The number of benzene rings is 1. The van der Waals surface area contributed by atoms with Crippen molar-refractivity contribution in [3.05, 3.63) is 45.7 Å². The standard InChI is InChI=1S/C15H16ClN3S/c1-9-15(20-11(3)17-9)10(2)19-13-7-5-4-6-12(13)18-14(19)8-16/h4-7,10H,8H2,1-3H3. The predicted octanol–water partition coefficient (Wildman–Crippen LogP) is 4.46.